The number of pyridine rings is 2. The van der Waals surface area contributed by atoms with Crippen molar-refractivity contribution in [3.63, 3.8) is 0 Å². The maximum absolute atomic E-state index is 13.4. The molecule has 0 spiro atoms. The monoisotopic (exact) mass is 359 g/mol. The first-order chi connectivity index (χ1) is 13.1. The molecule has 2 heterocycles. The van der Waals surface area contributed by atoms with Crippen LogP contribution in [0.5, 0.6) is 5.75 Å². The third-order valence-corrected chi connectivity index (χ3v) is 4.47. The molecule has 0 amide bonds. The Hall–Kier alpha value is -3.47. The molecule has 2 aromatic carbocycles. The highest BCUT2D eigenvalue weighted by Gasteiger charge is 2.20. The zero-order valence-electron chi connectivity index (χ0n) is 14.7. The number of hydrogen-bond donors (Lipinski definition) is 2. The van der Waals surface area contributed by atoms with Gasteiger partial charge in [0.25, 0.3) is 0 Å². The van der Waals surface area contributed by atoms with Gasteiger partial charge in [0.2, 0.25) is 0 Å². The lowest BCUT2D eigenvalue weighted by molar-refractivity contribution is 0.471. The number of nitrogens with one attached hydrogen (secondary N) is 1. The molecule has 0 saturated carbocycles. The first-order valence-electron chi connectivity index (χ1n) is 8.64. The van der Waals surface area contributed by atoms with Crippen molar-refractivity contribution in [1.29, 1.82) is 0 Å². The summed E-state index contributed by atoms with van der Waals surface area (Å²) in [7, 11) is 0. The number of aryl methyl sites for hydroxylation is 1. The summed E-state index contributed by atoms with van der Waals surface area (Å²) in [5.41, 5.74) is 2.87. The molecule has 0 bridgehead atoms. The second-order valence-electron chi connectivity index (χ2n) is 6.37. The summed E-state index contributed by atoms with van der Waals surface area (Å²) in [5.74, 6) is 0.461. The molecule has 4 nitrogen and oxygen atoms in total. The van der Waals surface area contributed by atoms with E-state index in [1.807, 2.05) is 49.4 Å². The van der Waals surface area contributed by atoms with Gasteiger partial charge in [0.15, 0.2) is 0 Å². The normalized spacial score (nSPS) is 12.1. The van der Waals surface area contributed by atoms with Crippen LogP contribution in [0.4, 0.5) is 10.2 Å². The van der Waals surface area contributed by atoms with Crippen molar-refractivity contribution in [2.24, 2.45) is 0 Å². The van der Waals surface area contributed by atoms with Gasteiger partial charge in [-0.1, -0.05) is 36.4 Å². The fourth-order valence-electron chi connectivity index (χ4n) is 3.15. The van der Waals surface area contributed by atoms with Gasteiger partial charge in [-0.15, -0.1) is 0 Å². The predicted molar refractivity (Wildman–Crippen MR) is 104 cm³/mol. The summed E-state index contributed by atoms with van der Waals surface area (Å²) in [5, 5.41) is 15.1. The van der Waals surface area contributed by atoms with Crippen LogP contribution in [-0.4, -0.2) is 15.1 Å². The van der Waals surface area contributed by atoms with E-state index in [0.29, 0.717) is 16.9 Å². The first kappa shape index (κ1) is 17.0. The molecule has 0 aliphatic carbocycles. The molecule has 4 aromatic rings. The van der Waals surface area contributed by atoms with Crippen LogP contribution in [0.1, 0.15) is 22.9 Å². The van der Waals surface area contributed by atoms with Crippen molar-refractivity contribution in [2.75, 3.05) is 5.32 Å². The molecule has 0 aliphatic rings. The van der Waals surface area contributed by atoms with Crippen molar-refractivity contribution in [3.8, 4) is 5.75 Å². The molecule has 5 heteroatoms. The SMILES string of the molecule is Cc1cccc(N[C@@H](c2ccc(F)cc2)c2ccc3cccnc3c2O)n1. The Morgan fingerprint density at radius 3 is 2.56 bits per heavy atom. The molecule has 2 N–H and O–H groups in total. The van der Waals surface area contributed by atoms with Crippen LogP contribution in [0.15, 0.2) is 72.9 Å². The number of aromatic hydroxyl groups is 1. The zero-order chi connectivity index (χ0) is 18.8. The summed E-state index contributed by atoms with van der Waals surface area (Å²) in [4.78, 5) is 8.79. The van der Waals surface area contributed by atoms with E-state index in [2.05, 4.69) is 15.3 Å². The molecule has 2 aromatic heterocycles. The molecule has 0 aliphatic heterocycles. The number of hydrogen-bond acceptors (Lipinski definition) is 4. The minimum absolute atomic E-state index is 0.0996. The number of fused-ring (bicyclic) bond motifs is 1. The summed E-state index contributed by atoms with van der Waals surface area (Å²) >= 11 is 0. The molecule has 4 rings (SSSR count). The lowest BCUT2D eigenvalue weighted by Gasteiger charge is -2.22. The second kappa shape index (κ2) is 7.03. The fraction of sp³-hybridized carbons (Fsp3) is 0.0909. The smallest absolute Gasteiger partial charge is 0.147 e. The number of benzene rings is 2. The Bertz CT molecular complexity index is 1100. The summed E-state index contributed by atoms with van der Waals surface area (Å²) in [6.07, 6.45) is 1.65. The van der Waals surface area contributed by atoms with Gasteiger partial charge in [-0.05, 0) is 42.8 Å². The van der Waals surface area contributed by atoms with Gasteiger partial charge in [0, 0.05) is 22.8 Å². The van der Waals surface area contributed by atoms with Gasteiger partial charge in [-0.2, -0.15) is 0 Å². The van der Waals surface area contributed by atoms with E-state index < -0.39 is 6.04 Å². The van der Waals surface area contributed by atoms with Crippen molar-refractivity contribution in [2.45, 2.75) is 13.0 Å². The Morgan fingerprint density at radius 1 is 0.963 bits per heavy atom. The average Bonchev–Trinajstić information content (AvgIpc) is 2.68. The molecule has 0 fully saturated rings. The number of aromatic nitrogens is 2. The third-order valence-electron chi connectivity index (χ3n) is 4.47. The molecular weight excluding hydrogens is 341 g/mol. The maximum atomic E-state index is 13.4. The largest absolute Gasteiger partial charge is 0.505 e. The van der Waals surface area contributed by atoms with Crippen LogP contribution in [0, 0.1) is 12.7 Å². The van der Waals surface area contributed by atoms with Gasteiger partial charge >= 0.3 is 0 Å². The van der Waals surface area contributed by atoms with E-state index in [0.717, 1.165) is 16.6 Å². The van der Waals surface area contributed by atoms with Crippen LogP contribution in [0.3, 0.4) is 0 Å². The number of phenols is 1. The zero-order valence-corrected chi connectivity index (χ0v) is 14.7. The van der Waals surface area contributed by atoms with Gasteiger partial charge in [-0.25, -0.2) is 9.37 Å². The molecule has 0 unspecified atom stereocenters. The standard InChI is InChI=1S/C22H18FN3O/c1-14-4-2-6-19(25-14)26-20(16-7-10-17(23)11-8-16)18-12-9-15-5-3-13-24-21(15)22(18)27/h2-13,20,27H,1H3,(H,25,26)/t20-/m0/s1. The van der Waals surface area contributed by atoms with Crippen molar-refractivity contribution in [1.82, 2.24) is 9.97 Å². The summed E-state index contributed by atoms with van der Waals surface area (Å²) in [6, 6.07) is 19.0. The van der Waals surface area contributed by atoms with E-state index in [1.54, 1.807) is 18.3 Å². The number of rotatable bonds is 4. The summed E-state index contributed by atoms with van der Waals surface area (Å²) < 4.78 is 13.4. The molecule has 0 radical (unpaired) electrons. The lowest BCUT2D eigenvalue weighted by Crippen LogP contribution is -2.14. The van der Waals surface area contributed by atoms with Crippen LogP contribution in [0.2, 0.25) is 0 Å². The van der Waals surface area contributed by atoms with Gasteiger partial charge in [0.1, 0.15) is 22.9 Å². The second-order valence-corrected chi connectivity index (χ2v) is 6.37. The van der Waals surface area contributed by atoms with Gasteiger partial charge in [-0.3, -0.25) is 4.98 Å². The third kappa shape index (κ3) is 3.44. The first-order valence-corrected chi connectivity index (χ1v) is 8.64. The highest BCUT2D eigenvalue weighted by molar-refractivity contribution is 5.86. The minimum atomic E-state index is -0.411. The molecule has 134 valence electrons. The van der Waals surface area contributed by atoms with Crippen LogP contribution in [-0.2, 0) is 0 Å². The summed E-state index contributed by atoms with van der Waals surface area (Å²) in [6.45, 7) is 1.91. The lowest BCUT2D eigenvalue weighted by atomic mass is 9.96. The number of nitrogens with zero attached hydrogens (tertiary/aromatic N) is 2. The van der Waals surface area contributed by atoms with Crippen LogP contribution < -0.4 is 5.32 Å². The topological polar surface area (TPSA) is 58.0 Å². The maximum Gasteiger partial charge on any atom is 0.147 e. The minimum Gasteiger partial charge on any atom is -0.505 e. The highest BCUT2D eigenvalue weighted by Crippen LogP contribution is 2.36. The molecule has 27 heavy (non-hydrogen) atoms. The van der Waals surface area contributed by atoms with Crippen molar-refractivity contribution < 1.29 is 9.50 Å². The van der Waals surface area contributed by atoms with Gasteiger partial charge < -0.3 is 10.4 Å². The van der Waals surface area contributed by atoms with E-state index >= 15 is 0 Å². The molecule has 1 atom stereocenters. The Morgan fingerprint density at radius 2 is 1.78 bits per heavy atom. The van der Waals surface area contributed by atoms with E-state index in [-0.39, 0.29) is 11.6 Å². The number of anilines is 1. The number of halogens is 1. The fourth-order valence-corrected chi connectivity index (χ4v) is 3.15. The van der Waals surface area contributed by atoms with E-state index in [1.165, 1.54) is 12.1 Å². The Balaban J connectivity index is 1.84. The molecular formula is C22H18FN3O. The quantitative estimate of drug-likeness (QED) is 0.539. The van der Waals surface area contributed by atoms with Crippen molar-refractivity contribution in [3.05, 3.63) is 95.6 Å². The average molecular weight is 359 g/mol. The van der Waals surface area contributed by atoms with Crippen LogP contribution >= 0.6 is 0 Å². The van der Waals surface area contributed by atoms with Crippen LogP contribution in [0.25, 0.3) is 10.9 Å². The van der Waals surface area contributed by atoms with E-state index in [9.17, 15) is 9.50 Å². The van der Waals surface area contributed by atoms with Gasteiger partial charge in [0.05, 0.1) is 6.04 Å². The van der Waals surface area contributed by atoms with Crippen molar-refractivity contribution >= 4 is 16.7 Å². The Kier molecular flexibility index (Phi) is 4.42. The van der Waals surface area contributed by atoms with E-state index in [4.69, 9.17) is 0 Å². The Labute approximate surface area is 156 Å². The highest BCUT2D eigenvalue weighted by atomic mass is 19.1. The predicted octanol–water partition coefficient (Wildman–Crippen LogP) is 4.98. The molecule has 0 saturated heterocycles. The number of phenolic OH excluding ortho intramolecular Hbond substituents is 1.